The second kappa shape index (κ2) is 7.04. The maximum atomic E-state index is 13.0. The third kappa shape index (κ3) is 4.72. The van der Waals surface area contributed by atoms with E-state index in [1.807, 2.05) is 6.07 Å². The van der Waals surface area contributed by atoms with Crippen molar-refractivity contribution in [3.05, 3.63) is 35.4 Å². The van der Waals surface area contributed by atoms with E-state index in [9.17, 15) is 18.4 Å². The molecular formula is C16H21F2N3O2. The molecule has 1 fully saturated rings. The van der Waals surface area contributed by atoms with Gasteiger partial charge in [0.2, 0.25) is 5.91 Å². The van der Waals surface area contributed by atoms with Crippen molar-refractivity contribution >= 4 is 11.8 Å². The standard InChI is InChI=1S/C16H21F2N3O2/c1-21(2)15(23)12-5-3-4-11(8-12)6-7-19-14(22)13-9-16(17,18)10-20-13/h3-5,8,13,20H,6-7,9-10H2,1-2H3,(H,19,22). The molecule has 0 bridgehead atoms. The largest absolute Gasteiger partial charge is 0.354 e. The minimum Gasteiger partial charge on any atom is -0.354 e. The molecule has 1 aliphatic heterocycles. The number of halogens is 2. The fourth-order valence-corrected chi connectivity index (χ4v) is 2.47. The molecule has 2 N–H and O–H groups in total. The Morgan fingerprint density at radius 2 is 2.13 bits per heavy atom. The van der Waals surface area contributed by atoms with Crippen LogP contribution in [0.15, 0.2) is 24.3 Å². The SMILES string of the molecule is CN(C)C(=O)c1cccc(CCNC(=O)C2CC(F)(F)CN2)c1. The highest BCUT2D eigenvalue weighted by molar-refractivity contribution is 5.94. The van der Waals surface area contributed by atoms with Crippen molar-refractivity contribution in [2.75, 3.05) is 27.2 Å². The van der Waals surface area contributed by atoms with Crippen LogP contribution in [0.2, 0.25) is 0 Å². The highest BCUT2D eigenvalue weighted by Crippen LogP contribution is 2.24. The van der Waals surface area contributed by atoms with E-state index in [-0.39, 0.29) is 5.91 Å². The number of carbonyl (C=O) groups is 2. The average Bonchev–Trinajstić information content (AvgIpc) is 2.87. The van der Waals surface area contributed by atoms with Crippen LogP contribution in [0.3, 0.4) is 0 Å². The zero-order valence-electron chi connectivity index (χ0n) is 13.2. The Kier molecular flexibility index (Phi) is 5.30. The third-order valence-electron chi connectivity index (χ3n) is 3.72. The van der Waals surface area contributed by atoms with Gasteiger partial charge in [0.15, 0.2) is 0 Å². The average molecular weight is 325 g/mol. The molecular weight excluding hydrogens is 304 g/mol. The number of hydrogen-bond donors (Lipinski definition) is 2. The fourth-order valence-electron chi connectivity index (χ4n) is 2.47. The maximum Gasteiger partial charge on any atom is 0.262 e. The van der Waals surface area contributed by atoms with E-state index in [0.717, 1.165) is 5.56 Å². The van der Waals surface area contributed by atoms with Crippen molar-refractivity contribution < 1.29 is 18.4 Å². The number of hydrogen-bond acceptors (Lipinski definition) is 3. The predicted octanol–water partition coefficient (Wildman–Crippen LogP) is 1.04. The number of amides is 2. The number of nitrogens with one attached hydrogen (secondary N) is 2. The number of alkyl halides is 2. The first kappa shape index (κ1) is 17.3. The second-order valence-electron chi connectivity index (χ2n) is 5.93. The van der Waals surface area contributed by atoms with Crippen LogP contribution in [0.25, 0.3) is 0 Å². The van der Waals surface area contributed by atoms with Crippen molar-refractivity contribution in [3.63, 3.8) is 0 Å². The highest BCUT2D eigenvalue weighted by atomic mass is 19.3. The molecule has 1 heterocycles. The Labute approximate surface area is 134 Å². The van der Waals surface area contributed by atoms with Gasteiger partial charge in [0.05, 0.1) is 12.6 Å². The minimum atomic E-state index is -2.82. The monoisotopic (exact) mass is 325 g/mol. The van der Waals surface area contributed by atoms with Gasteiger partial charge in [-0.25, -0.2) is 8.78 Å². The normalized spacial score (nSPS) is 19.4. The Balaban J connectivity index is 1.84. The number of benzene rings is 1. The molecule has 1 saturated heterocycles. The van der Waals surface area contributed by atoms with Gasteiger partial charge < -0.3 is 10.2 Å². The van der Waals surface area contributed by atoms with E-state index in [4.69, 9.17) is 0 Å². The zero-order chi connectivity index (χ0) is 17.0. The van der Waals surface area contributed by atoms with E-state index in [0.29, 0.717) is 18.5 Å². The predicted molar refractivity (Wildman–Crippen MR) is 82.5 cm³/mol. The van der Waals surface area contributed by atoms with Crippen LogP contribution in [0, 0.1) is 0 Å². The fraction of sp³-hybridized carbons (Fsp3) is 0.500. The molecule has 0 spiro atoms. The number of rotatable bonds is 5. The van der Waals surface area contributed by atoms with Gasteiger partial charge >= 0.3 is 0 Å². The molecule has 23 heavy (non-hydrogen) atoms. The van der Waals surface area contributed by atoms with Gasteiger partial charge in [-0.1, -0.05) is 12.1 Å². The van der Waals surface area contributed by atoms with E-state index in [1.54, 1.807) is 32.3 Å². The molecule has 1 aliphatic rings. The van der Waals surface area contributed by atoms with Crippen LogP contribution < -0.4 is 10.6 Å². The molecule has 7 heteroatoms. The molecule has 126 valence electrons. The molecule has 1 atom stereocenters. The van der Waals surface area contributed by atoms with E-state index in [1.165, 1.54) is 4.90 Å². The Morgan fingerprint density at radius 3 is 2.74 bits per heavy atom. The summed E-state index contributed by atoms with van der Waals surface area (Å²) in [5.41, 5.74) is 1.48. The quantitative estimate of drug-likeness (QED) is 0.850. The van der Waals surface area contributed by atoms with Crippen molar-refractivity contribution in [3.8, 4) is 0 Å². The molecule has 2 rings (SSSR count). The first-order valence-electron chi connectivity index (χ1n) is 7.48. The second-order valence-corrected chi connectivity index (χ2v) is 5.93. The lowest BCUT2D eigenvalue weighted by Crippen LogP contribution is -2.41. The van der Waals surface area contributed by atoms with Gasteiger partial charge in [-0.05, 0) is 24.1 Å². The lowest BCUT2D eigenvalue weighted by molar-refractivity contribution is -0.123. The summed E-state index contributed by atoms with van der Waals surface area (Å²) in [7, 11) is 3.36. The summed E-state index contributed by atoms with van der Waals surface area (Å²) in [6, 6.07) is 6.31. The number of carbonyl (C=O) groups excluding carboxylic acids is 2. The summed E-state index contributed by atoms with van der Waals surface area (Å²) in [6.07, 6.45) is 0.0645. The van der Waals surface area contributed by atoms with Gasteiger partial charge in [-0.2, -0.15) is 0 Å². The van der Waals surface area contributed by atoms with Crippen LogP contribution >= 0.6 is 0 Å². The van der Waals surface area contributed by atoms with Crippen molar-refractivity contribution in [2.45, 2.75) is 24.8 Å². The van der Waals surface area contributed by atoms with Crippen molar-refractivity contribution in [1.29, 1.82) is 0 Å². The lowest BCUT2D eigenvalue weighted by atomic mass is 10.1. The molecule has 1 aromatic carbocycles. The van der Waals surface area contributed by atoms with Crippen LogP contribution in [-0.2, 0) is 11.2 Å². The molecule has 5 nitrogen and oxygen atoms in total. The van der Waals surface area contributed by atoms with Crippen LogP contribution in [0.1, 0.15) is 22.3 Å². The van der Waals surface area contributed by atoms with E-state index >= 15 is 0 Å². The molecule has 0 aromatic heterocycles. The summed E-state index contributed by atoms with van der Waals surface area (Å²) in [5.74, 6) is -3.32. The van der Waals surface area contributed by atoms with E-state index in [2.05, 4.69) is 10.6 Å². The Hall–Kier alpha value is -2.02. The lowest BCUT2D eigenvalue weighted by Gasteiger charge is -2.13. The molecule has 1 unspecified atom stereocenters. The van der Waals surface area contributed by atoms with Crippen LogP contribution in [-0.4, -0.2) is 55.9 Å². The topological polar surface area (TPSA) is 61.4 Å². The van der Waals surface area contributed by atoms with Crippen molar-refractivity contribution in [1.82, 2.24) is 15.5 Å². The summed E-state index contributed by atoms with van der Waals surface area (Å²) in [6.45, 7) is -0.123. The molecule has 0 radical (unpaired) electrons. The van der Waals surface area contributed by atoms with Gasteiger partial charge in [0.25, 0.3) is 11.8 Å². The maximum absolute atomic E-state index is 13.0. The molecule has 1 aromatic rings. The first-order valence-corrected chi connectivity index (χ1v) is 7.48. The minimum absolute atomic E-state index is 0.0896. The zero-order valence-corrected chi connectivity index (χ0v) is 13.2. The van der Waals surface area contributed by atoms with Crippen molar-refractivity contribution in [2.24, 2.45) is 0 Å². The molecule has 0 saturated carbocycles. The third-order valence-corrected chi connectivity index (χ3v) is 3.72. The first-order chi connectivity index (χ1) is 10.8. The summed E-state index contributed by atoms with van der Waals surface area (Å²) < 4.78 is 26.1. The highest BCUT2D eigenvalue weighted by Gasteiger charge is 2.42. The van der Waals surface area contributed by atoms with Gasteiger partial charge in [-0.3, -0.25) is 14.9 Å². The van der Waals surface area contributed by atoms with Gasteiger partial charge in [0.1, 0.15) is 0 Å². The molecule has 0 aliphatic carbocycles. The summed E-state index contributed by atoms with van der Waals surface area (Å²) in [5, 5.41) is 5.17. The van der Waals surface area contributed by atoms with Gasteiger partial charge in [0, 0.05) is 32.6 Å². The summed E-state index contributed by atoms with van der Waals surface area (Å²) in [4.78, 5) is 25.2. The van der Waals surface area contributed by atoms with E-state index < -0.39 is 30.8 Å². The Bertz CT molecular complexity index is 590. The Morgan fingerprint density at radius 1 is 1.39 bits per heavy atom. The molecule has 2 amide bonds. The van der Waals surface area contributed by atoms with Gasteiger partial charge in [-0.15, -0.1) is 0 Å². The van der Waals surface area contributed by atoms with Crippen LogP contribution in [0.4, 0.5) is 8.78 Å². The van der Waals surface area contributed by atoms with Crippen LogP contribution in [0.5, 0.6) is 0 Å². The number of nitrogens with zero attached hydrogens (tertiary/aromatic N) is 1. The summed E-state index contributed by atoms with van der Waals surface area (Å²) >= 11 is 0. The smallest absolute Gasteiger partial charge is 0.262 e.